The molecule has 2 aromatic rings. The Morgan fingerprint density at radius 1 is 1.24 bits per heavy atom. The molecule has 0 spiro atoms. The van der Waals surface area contributed by atoms with Crippen molar-refractivity contribution in [2.24, 2.45) is 7.05 Å². The van der Waals surface area contributed by atoms with E-state index in [1.165, 1.54) is 0 Å². The van der Waals surface area contributed by atoms with Crippen LogP contribution in [0.25, 0.3) is 11.4 Å². The highest BCUT2D eigenvalue weighted by atomic mass is 35.5. The molecule has 0 radical (unpaired) electrons. The Balaban J connectivity index is 2.42. The molecule has 1 heterocycles. The Labute approximate surface area is 104 Å². The Morgan fingerprint density at radius 3 is 2.53 bits per heavy atom. The van der Waals surface area contributed by atoms with Gasteiger partial charge in [-0.2, -0.15) is 4.98 Å². The van der Waals surface area contributed by atoms with Crippen LogP contribution >= 0.6 is 11.6 Å². The quantitative estimate of drug-likeness (QED) is 0.841. The van der Waals surface area contributed by atoms with Crippen molar-refractivity contribution in [3.05, 3.63) is 23.2 Å². The van der Waals surface area contributed by atoms with Crippen molar-refractivity contribution in [1.82, 2.24) is 14.8 Å². The molecule has 17 heavy (non-hydrogen) atoms. The first kappa shape index (κ1) is 11.7. The summed E-state index contributed by atoms with van der Waals surface area (Å²) in [6.45, 7) is 0. The van der Waals surface area contributed by atoms with E-state index in [0.717, 1.165) is 5.56 Å². The molecule has 0 N–H and O–H groups in total. The predicted octanol–water partition coefficient (Wildman–Crippen LogP) is 2.15. The monoisotopic (exact) mass is 253 g/mol. The summed E-state index contributed by atoms with van der Waals surface area (Å²) >= 11 is 6.04. The minimum absolute atomic E-state index is 0.451. The summed E-state index contributed by atoms with van der Waals surface area (Å²) in [5.41, 5.74) is 0.815. The average molecular weight is 254 g/mol. The zero-order chi connectivity index (χ0) is 12.4. The molecule has 6 heteroatoms. The molecular formula is C11H12ClN3O2. The molecule has 0 bridgehead atoms. The van der Waals surface area contributed by atoms with Crippen molar-refractivity contribution < 1.29 is 9.47 Å². The second-order valence-electron chi connectivity index (χ2n) is 3.40. The van der Waals surface area contributed by atoms with Gasteiger partial charge in [-0.1, -0.05) is 11.6 Å². The van der Waals surface area contributed by atoms with E-state index in [0.29, 0.717) is 22.6 Å². The van der Waals surface area contributed by atoms with Crippen LogP contribution in [0.5, 0.6) is 11.8 Å². The van der Waals surface area contributed by atoms with E-state index in [4.69, 9.17) is 21.1 Å². The highest BCUT2D eigenvalue weighted by Gasteiger charge is 2.11. The highest BCUT2D eigenvalue weighted by Crippen LogP contribution is 2.29. The number of hydrogen-bond acceptors (Lipinski definition) is 4. The first-order valence-corrected chi connectivity index (χ1v) is 5.32. The van der Waals surface area contributed by atoms with Gasteiger partial charge in [0.05, 0.1) is 19.2 Å². The molecule has 0 amide bonds. The molecule has 5 nitrogen and oxygen atoms in total. The molecule has 1 aromatic heterocycles. The summed E-state index contributed by atoms with van der Waals surface area (Å²) in [7, 11) is 4.89. The van der Waals surface area contributed by atoms with Crippen LogP contribution in [0, 0.1) is 0 Å². The Bertz CT molecular complexity index is 540. The third-order valence-electron chi connectivity index (χ3n) is 2.32. The fourth-order valence-electron chi connectivity index (χ4n) is 1.48. The molecule has 90 valence electrons. The number of ether oxygens (including phenoxy) is 2. The lowest BCUT2D eigenvalue weighted by Gasteiger charge is -2.03. The molecule has 0 aliphatic heterocycles. The molecule has 0 saturated carbocycles. The van der Waals surface area contributed by atoms with Gasteiger partial charge in [0, 0.05) is 12.6 Å². The van der Waals surface area contributed by atoms with Gasteiger partial charge < -0.3 is 9.47 Å². The maximum atomic E-state index is 6.04. The average Bonchev–Trinajstić information content (AvgIpc) is 2.70. The first-order chi connectivity index (χ1) is 8.15. The zero-order valence-corrected chi connectivity index (χ0v) is 10.5. The molecule has 0 aliphatic carbocycles. The zero-order valence-electron chi connectivity index (χ0n) is 9.77. The summed E-state index contributed by atoms with van der Waals surface area (Å²) in [4.78, 5) is 4.23. The minimum atomic E-state index is 0.451. The molecule has 0 unspecified atom stereocenters. The van der Waals surface area contributed by atoms with Crippen molar-refractivity contribution in [2.75, 3.05) is 14.2 Å². The molecule has 2 rings (SSSR count). The molecule has 0 aliphatic rings. The van der Waals surface area contributed by atoms with E-state index in [-0.39, 0.29) is 0 Å². The summed E-state index contributed by atoms with van der Waals surface area (Å²) < 4.78 is 11.7. The largest absolute Gasteiger partial charge is 0.495 e. The maximum absolute atomic E-state index is 6.04. The SMILES string of the molecule is COc1ccc(-c2nc(OC)n(C)n2)cc1Cl. The Hall–Kier alpha value is -1.75. The smallest absolute Gasteiger partial charge is 0.314 e. The van der Waals surface area contributed by atoms with E-state index >= 15 is 0 Å². The van der Waals surface area contributed by atoms with Crippen LogP contribution in [0.3, 0.4) is 0 Å². The minimum Gasteiger partial charge on any atom is -0.495 e. The van der Waals surface area contributed by atoms with E-state index in [2.05, 4.69) is 10.1 Å². The second kappa shape index (κ2) is 4.63. The van der Waals surface area contributed by atoms with Crippen molar-refractivity contribution in [3.8, 4) is 23.1 Å². The number of hydrogen-bond donors (Lipinski definition) is 0. The number of methoxy groups -OCH3 is 2. The van der Waals surface area contributed by atoms with Crippen molar-refractivity contribution in [3.63, 3.8) is 0 Å². The third-order valence-corrected chi connectivity index (χ3v) is 2.61. The standard InChI is InChI=1S/C11H12ClN3O2/c1-15-11(17-3)13-10(14-15)7-4-5-9(16-2)8(12)6-7/h4-6H,1-3H3. The van der Waals surface area contributed by atoms with Crippen LogP contribution in [-0.2, 0) is 7.05 Å². The molecular weight excluding hydrogens is 242 g/mol. The van der Waals surface area contributed by atoms with E-state index in [9.17, 15) is 0 Å². The lowest BCUT2D eigenvalue weighted by molar-refractivity contribution is 0.359. The first-order valence-electron chi connectivity index (χ1n) is 4.94. The molecule has 0 saturated heterocycles. The van der Waals surface area contributed by atoms with Gasteiger partial charge >= 0.3 is 6.01 Å². The maximum Gasteiger partial charge on any atom is 0.314 e. The summed E-state index contributed by atoms with van der Waals surface area (Å²) in [5.74, 6) is 1.19. The van der Waals surface area contributed by atoms with Crippen molar-refractivity contribution in [2.45, 2.75) is 0 Å². The Kier molecular flexibility index (Phi) is 3.19. The van der Waals surface area contributed by atoms with Gasteiger partial charge in [0.15, 0.2) is 5.82 Å². The number of rotatable bonds is 3. The van der Waals surface area contributed by atoms with Gasteiger partial charge in [-0.3, -0.25) is 0 Å². The topological polar surface area (TPSA) is 49.2 Å². The van der Waals surface area contributed by atoms with Crippen molar-refractivity contribution in [1.29, 1.82) is 0 Å². The van der Waals surface area contributed by atoms with E-state index < -0.39 is 0 Å². The highest BCUT2D eigenvalue weighted by molar-refractivity contribution is 6.32. The van der Waals surface area contributed by atoms with Gasteiger partial charge in [0.1, 0.15) is 5.75 Å². The summed E-state index contributed by atoms with van der Waals surface area (Å²) in [6, 6.07) is 5.83. The lowest BCUT2D eigenvalue weighted by atomic mass is 10.2. The van der Waals surface area contributed by atoms with Crippen LogP contribution in [0.15, 0.2) is 18.2 Å². The van der Waals surface area contributed by atoms with Crippen molar-refractivity contribution >= 4 is 11.6 Å². The lowest BCUT2D eigenvalue weighted by Crippen LogP contribution is -1.95. The number of benzene rings is 1. The normalized spacial score (nSPS) is 10.4. The fraction of sp³-hybridized carbons (Fsp3) is 0.273. The molecule has 1 aromatic carbocycles. The van der Waals surface area contributed by atoms with Gasteiger partial charge in [0.25, 0.3) is 0 Å². The predicted molar refractivity (Wildman–Crippen MR) is 64.6 cm³/mol. The number of halogens is 1. The van der Waals surface area contributed by atoms with Crippen LogP contribution in [-0.4, -0.2) is 29.0 Å². The van der Waals surface area contributed by atoms with Gasteiger partial charge in [0.2, 0.25) is 0 Å². The number of nitrogens with zero attached hydrogens (tertiary/aromatic N) is 3. The summed E-state index contributed by atoms with van der Waals surface area (Å²) in [6.07, 6.45) is 0. The van der Waals surface area contributed by atoms with Crippen LogP contribution in [0.2, 0.25) is 5.02 Å². The van der Waals surface area contributed by atoms with Gasteiger partial charge in [-0.15, -0.1) is 5.10 Å². The van der Waals surface area contributed by atoms with Crippen LogP contribution in [0.1, 0.15) is 0 Å². The van der Waals surface area contributed by atoms with Gasteiger partial charge in [-0.25, -0.2) is 4.68 Å². The van der Waals surface area contributed by atoms with Crippen LogP contribution < -0.4 is 9.47 Å². The van der Waals surface area contributed by atoms with Crippen LogP contribution in [0.4, 0.5) is 0 Å². The van der Waals surface area contributed by atoms with E-state index in [1.807, 2.05) is 6.07 Å². The fourth-order valence-corrected chi connectivity index (χ4v) is 1.73. The number of aromatic nitrogens is 3. The van der Waals surface area contributed by atoms with E-state index in [1.54, 1.807) is 38.1 Å². The number of aryl methyl sites for hydroxylation is 1. The summed E-state index contributed by atoms with van der Waals surface area (Å²) in [5, 5.41) is 4.75. The third kappa shape index (κ3) is 2.19. The molecule has 0 fully saturated rings. The molecule has 0 atom stereocenters. The second-order valence-corrected chi connectivity index (χ2v) is 3.80. The van der Waals surface area contributed by atoms with Gasteiger partial charge in [-0.05, 0) is 18.2 Å². The Morgan fingerprint density at radius 2 is 2.00 bits per heavy atom.